The summed E-state index contributed by atoms with van der Waals surface area (Å²) in [6, 6.07) is 0. The van der Waals surface area contributed by atoms with Gasteiger partial charge in [0.15, 0.2) is 0 Å². The van der Waals surface area contributed by atoms with E-state index in [4.69, 9.17) is 0 Å². The summed E-state index contributed by atoms with van der Waals surface area (Å²) in [4.78, 5) is 0. The van der Waals surface area contributed by atoms with Crippen LogP contribution in [0, 0.1) is 5.41 Å². The minimum Gasteiger partial charge on any atom is -0.207 e. The van der Waals surface area contributed by atoms with Gasteiger partial charge in [0.05, 0.1) is 0 Å². The molecule has 0 aromatic carbocycles. The number of hydrogen-bond donors (Lipinski definition) is 0. The van der Waals surface area contributed by atoms with Crippen LogP contribution in [0.5, 0.6) is 0 Å². The standard InChI is InChI=1S/C10H13F/c1-10(2)7-5-3-4-6-9(11)8-10/h4-8H,3H2,1-2H3/b6-4-,7-5-,9-8+. The van der Waals surface area contributed by atoms with Crippen molar-refractivity contribution in [1.82, 2.24) is 0 Å². The SMILES string of the molecule is CC1(C)/C=C\C/C=C\C(F)=C/1. The van der Waals surface area contributed by atoms with Gasteiger partial charge in [0, 0.05) is 5.41 Å². The van der Waals surface area contributed by atoms with Crippen molar-refractivity contribution in [3.63, 3.8) is 0 Å². The summed E-state index contributed by atoms with van der Waals surface area (Å²) >= 11 is 0. The van der Waals surface area contributed by atoms with E-state index in [9.17, 15) is 4.39 Å². The normalized spacial score (nSPS) is 32.8. The highest BCUT2D eigenvalue weighted by atomic mass is 19.1. The number of rotatable bonds is 0. The maximum absolute atomic E-state index is 12.9. The molecule has 0 saturated heterocycles. The summed E-state index contributed by atoms with van der Waals surface area (Å²) in [5, 5.41) is 0. The molecule has 0 aliphatic heterocycles. The molecule has 0 atom stereocenters. The molecule has 0 unspecified atom stereocenters. The Hall–Kier alpha value is -0.850. The molecule has 60 valence electrons. The van der Waals surface area contributed by atoms with Crippen LogP contribution in [0.25, 0.3) is 0 Å². The average Bonchev–Trinajstić information content (AvgIpc) is 1.82. The van der Waals surface area contributed by atoms with Crippen LogP contribution >= 0.6 is 0 Å². The summed E-state index contributed by atoms with van der Waals surface area (Å²) in [6.07, 6.45) is 9.86. The van der Waals surface area contributed by atoms with Crippen molar-refractivity contribution >= 4 is 0 Å². The van der Waals surface area contributed by atoms with E-state index >= 15 is 0 Å². The lowest BCUT2D eigenvalue weighted by Crippen LogP contribution is -2.03. The van der Waals surface area contributed by atoms with E-state index in [0.29, 0.717) is 0 Å². The minimum atomic E-state index is -0.144. The van der Waals surface area contributed by atoms with Gasteiger partial charge in [-0.1, -0.05) is 32.1 Å². The predicted octanol–water partition coefficient (Wildman–Crippen LogP) is 3.38. The topological polar surface area (TPSA) is 0 Å². The van der Waals surface area contributed by atoms with E-state index in [1.807, 2.05) is 26.0 Å². The smallest absolute Gasteiger partial charge is 0.119 e. The highest BCUT2D eigenvalue weighted by Gasteiger charge is 2.11. The van der Waals surface area contributed by atoms with Crippen molar-refractivity contribution in [2.45, 2.75) is 20.3 Å². The molecule has 0 saturated carbocycles. The van der Waals surface area contributed by atoms with Crippen molar-refractivity contribution in [3.05, 3.63) is 36.2 Å². The van der Waals surface area contributed by atoms with Crippen molar-refractivity contribution in [3.8, 4) is 0 Å². The molecular formula is C10H13F. The van der Waals surface area contributed by atoms with E-state index in [0.717, 1.165) is 6.42 Å². The van der Waals surface area contributed by atoms with Gasteiger partial charge in [0.1, 0.15) is 5.83 Å². The van der Waals surface area contributed by atoms with Crippen LogP contribution in [0.1, 0.15) is 20.3 Å². The Morgan fingerprint density at radius 3 is 2.82 bits per heavy atom. The second-order valence-electron chi connectivity index (χ2n) is 3.39. The molecular weight excluding hydrogens is 139 g/mol. The molecule has 0 spiro atoms. The molecule has 1 rings (SSSR count). The summed E-state index contributed by atoms with van der Waals surface area (Å²) in [6.45, 7) is 3.98. The summed E-state index contributed by atoms with van der Waals surface area (Å²) in [5.41, 5.74) is -0.144. The fraction of sp³-hybridized carbons (Fsp3) is 0.400. The molecule has 0 N–H and O–H groups in total. The average molecular weight is 152 g/mol. The summed E-state index contributed by atoms with van der Waals surface area (Å²) in [5.74, 6) is -0.139. The first kappa shape index (κ1) is 8.25. The molecule has 0 nitrogen and oxygen atoms in total. The molecule has 11 heavy (non-hydrogen) atoms. The van der Waals surface area contributed by atoms with Gasteiger partial charge in [0.2, 0.25) is 0 Å². The van der Waals surface area contributed by atoms with E-state index in [1.165, 1.54) is 6.08 Å². The largest absolute Gasteiger partial charge is 0.207 e. The monoisotopic (exact) mass is 152 g/mol. The Balaban J connectivity index is 2.92. The fourth-order valence-electron chi connectivity index (χ4n) is 1.08. The maximum atomic E-state index is 12.9. The van der Waals surface area contributed by atoms with E-state index < -0.39 is 0 Å². The van der Waals surface area contributed by atoms with Crippen LogP contribution in [0.4, 0.5) is 4.39 Å². The molecule has 1 aliphatic carbocycles. The lowest BCUT2D eigenvalue weighted by atomic mass is 9.91. The third-order valence-electron chi connectivity index (χ3n) is 1.61. The van der Waals surface area contributed by atoms with Crippen LogP contribution in [0.15, 0.2) is 36.2 Å². The Labute approximate surface area is 67.1 Å². The van der Waals surface area contributed by atoms with Gasteiger partial charge >= 0.3 is 0 Å². The van der Waals surface area contributed by atoms with E-state index in [-0.39, 0.29) is 11.2 Å². The van der Waals surface area contributed by atoms with Gasteiger partial charge in [-0.25, -0.2) is 4.39 Å². The zero-order valence-corrected chi connectivity index (χ0v) is 6.97. The van der Waals surface area contributed by atoms with Crippen molar-refractivity contribution in [2.75, 3.05) is 0 Å². The molecule has 0 heterocycles. The highest BCUT2D eigenvalue weighted by molar-refractivity contribution is 5.21. The molecule has 0 aromatic heterocycles. The quantitative estimate of drug-likeness (QED) is 0.467. The van der Waals surface area contributed by atoms with Crippen LogP contribution in [0.3, 0.4) is 0 Å². The zero-order chi connectivity index (χ0) is 8.32. The molecule has 0 fully saturated rings. The van der Waals surface area contributed by atoms with Crippen LogP contribution in [0.2, 0.25) is 0 Å². The van der Waals surface area contributed by atoms with E-state index in [2.05, 4.69) is 6.08 Å². The first-order valence-corrected chi connectivity index (χ1v) is 3.83. The third kappa shape index (κ3) is 2.71. The molecule has 0 aromatic rings. The van der Waals surface area contributed by atoms with Gasteiger partial charge in [-0.15, -0.1) is 0 Å². The van der Waals surface area contributed by atoms with Gasteiger partial charge < -0.3 is 0 Å². The second kappa shape index (κ2) is 3.04. The first-order chi connectivity index (χ1) is 5.10. The van der Waals surface area contributed by atoms with Crippen molar-refractivity contribution < 1.29 is 4.39 Å². The van der Waals surface area contributed by atoms with Crippen LogP contribution in [-0.2, 0) is 0 Å². The van der Waals surface area contributed by atoms with Gasteiger partial charge in [0.25, 0.3) is 0 Å². The summed E-state index contributed by atoms with van der Waals surface area (Å²) in [7, 11) is 0. The fourth-order valence-corrected chi connectivity index (χ4v) is 1.08. The maximum Gasteiger partial charge on any atom is 0.119 e. The van der Waals surface area contributed by atoms with Gasteiger partial charge in [-0.2, -0.15) is 0 Å². The number of halogens is 1. The van der Waals surface area contributed by atoms with Crippen LogP contribution < -0.4 is 0 Å². The van der Waals surface area contributed by atoms with Crippen molar-refractivity contribution in [1.29, 1.82) is 0 Å². The minimum absolute atomic E-state index is 0.139. The Bertz CT molecular complexity index is 219. The Kier molecular flexibility index (Phi) is 2.28. The summed E-state index contributed by atoms with van der Waals surface area (Å²) < 4.78 is 12.9. The lowest BCUT2D eigenvalue weighted by molar-refractivity contribution is 0.575. The van der Waals surface area contributed by atoms with Crippen LogP contribution in [-0.4, -0.2) is 0 Å². The molecule has 1 heteroatoms. The zero-order valence-electron chi connectivity index (χ0n) is 6.97. The van der Waals surface area contributed by atoms with Crippen molar-refractivity contribution in [2.24, 2.45) is 5.41 Å². The first-order valence-electron chi connectivity index (χ1n) is 3.83. The number of hydrogen-bond acceptors (Lipinski definition) is 0. The Morgan fingerprint density at radius 1 is 1.36 bits per heavy atom. The molecule has 0 amide bonds. The molecule has 1 aliphatic rings. The number of allylic oxidation sites excluding steroid dienone is 6. The highest BCUT2D eigenvalue weighted by Crippen LogP contribution is 2.23. The van der Waals surface area contributed by atoms with Gasteiger partial charge in [-0.3, -0.25) is 0 Å². The Morgan fingerprint density at radius 2 is 2.09 bits per heavy atom. The molecule has 0 bridgehead atoms. The second-order valence-corrected chi connectivity index (χ2v) is 3.39. The molecule has 0 radical (unpaired) electrons. The third-order valence-corrected chi connectivity index (χ3v) is 1.61. The lowest BCUT2D eigenvalue weighted by Gasteiger charge is -2.15. The van der Waals surface area contributed by atoms with E-state index in [1.54, 1.807) is 6.08 Å². The van der Waals surface area contributed by atoms with Gasteiger partial charge in [-0.05, 0) is 18.6 Å². The predicted molar refractivity (Wildman–Crippen MR) is 45.9 cm³/mol.